The lowest BCUT2D eigenvalue weighted by molar-refractivity contribution is -0.0493. The Labute approximate surface area is 128 Å². The fourth-order valence-electron chi connectivity index (χ4n) is 2.08. The number of aryl methyl sites for hydroxylation is 1. The van der Waals surface area contributed by atoms with E-state index in [0.29, 0.717) is 17.9 Å². The van der Waals surface area contributed by atoms with Gasteiger partial charge in [-0.1, -0.05) is 26.0 Å². The SMILES string of the molecule is Cc1cccc(OC(F)F)c1NC(=O)N[C@H](CO)CC(C)C. The summed E-state index contributed by atoms with van der Waals surface area (Å²) in [5.41, 5.74) is 0.777. The third-order valence-electron chi connectivity index (χ3n) is 3.00. The van der Waals surface area contributed by atoms with Crippen molar-refractivity contribution in [3.8, 4) is 5.75 Å². The molecule has 5 nitrogen and oxygen atoms in total. The van der Waals surface area contributed by atoms with Gasteiger partial charge >= 0.3 is 12.6 Å². The molecule has 22 heavy (non-hydrogen) atoms. The molecular formula is C15H22F2N2O3. The van der Waals surface area contributed by atoms with Gasteiger partial charge in [0.25, 0.3) is 0 Å². The van der Waals surface area contributed by atoms with Crippen molar-refractivity contribution in [2.45, 2.75) is 39.8 Å². The molecule has 0 aliphatic rings. The van der Waals surface area contributed by atoms with Crippen LogP contribution in [0, 0.1) is 12.8 Å². The van der Waals surface area contributed by atoms with Crippen LogP contribution in [0.25, 0.3) is 0 Å². The molecule has 0 saturated heterocycles. The second-order valence-electron chi connectivity index (χ2n) is 5.43. The lowest BCUT2D eigenvalue weighted by atomic mass is 10.0. The summed E-state index contributed by atoms with van der Waals surface area (Å²) >= 11 is 0. The molecule has 0 aromatic heterocycles. The number of amides is 2. The van der Waals surface area contributed by atoms with Crippen molar-refractivity contribution >= 4 is 11.7 Å². The van der Waals surface area contributed by atoms with Crippen molar-refractivity contribution in [1.29, 1.82) is 0 Å². The number of urea groups is 1. The van der Waals surface area contributed by atoms with Crippen LogP contribution in [0.4, 0.5) is 19.3 Å². The Hall–Kier alpha value is -1.89. The number of anilines is 1. The highest BCUT2D eigenvalue weighted by atomic mass is 19.3. The summed E-state index contributed by atoms with van der Waals surface area (Å²) in [4.78, 5) is 12.0. The molecule has 0 aliphatic heterocycles. The summed E-state index contributed by atoms with van der Waals surface area (Å²) in [5.74, 6) is 0.197. The minimum Gasteiger partial charge on any atom is -0.433 e. The number of nitrogens with one attached hydrogen (secondary N) is 2. The largest absolute Gasteiger partial charge is 0.433 e. The van der Waals surface area contributed by atoms with Crippen LogP contribution in [0.15, 0.2) is 18.2 Å². The number of halogens is 2. The number of aliphatic hydroxyl groups excluding tert-OH is 1. The predicted octanol–water partition coefficient (Wildman–Crippen LogP) is 3.12. The van der Waals surface area contributed by atoms with Crippen molar-refractivity contribution in [1.82, 2.24) is 5.32 Å². The molecule has 3 N–H and O–H groups in total. The average molecular weight is 316 g/mol. The zero-order valence-corrected chi connectivity index (χ0v) is 12.9. The minimum atomic E-state index is -2.98. The van der Waals surface area contributed by atoms with Crippen LogP contribution in [-0.2, 0) is 0 Å². The first-order valence-electron chi connectivity index (χ1n) is 7.06. The molecule has 124 valence electrons. The third-order valence-corrected chi connectivity index (χ3v) is 3.00. The van der Waals surface area contributed by atoms with E-state index in [1.807, 2.05) is 13.8 Å². The number of carbonyl (C=O) groups excluding carboxylic acids is 1. The fourth-order valence-corrected chi connectivity index (χ4v) is 2.08. The Morgan fingerprint density at radius 3 is 2.59 bits per heavy atom. The molecule has 0 aliphatic carbocycles. The third kappa shape index (κ3) is 5.85. The van der Waals surface area contributed by atoms with Gasteiger partial charge in [-0.25, -0.2) is 4.79 Å². The normalized spacial score (nSPS) is 12.4. The second-order valence-corrected chi connectivity index (χ2v) is 5.43. The predicted molar refractivity (Wildman–Crippen MR) is 80.3 cm³/mol. The quantitative estimate of drug-likeness (QED) is 0.724. The lowest BCUT2D eigenvalue weighted by Gasteiger charge is -2.20. The topological polar surface area (TPSA) is 70.6 Å². The van der Waals surface area contributed by atoms with E-state index in [1.165, 1.54) is 6.07 Å². The van der Waals surface area contributed by atoms with Gasteiger partial charge in [-0.05, 0) is 30.9 Å². The molecule has 0 bridgehead atoms. The summed E-state index contributed by atoms with van der Waals surface area (Å²) in [7, 11) is 0. The number of carbonyl (C=O) groups is 1. The highest BCUT2D eigenvalue weighted by molar-refractivity contribution is 5.92. The van der Waals surface area contributed by atoms with Crippen LogP contribution in [0.3, 0.4) is 0 Å². The number of benzene rings is 1. The van der Waals surface area contributed by atoms with Gasteiger partial charge in [0.15, 0.2) is 0 Å². The van der Waals surface area contributed by atoms with Crippen molar-refractivity contribution in [2.24, 2.45) is 5.92 Å². The van der Waals surface area contributed by atoms with E-state index >= 15 is 0 Å². The number of alkyl halides is 2. The van der Waals surface area contributed by atoms with Gasteiger partial charge < -0.3 is 20.5 Å². The van der Waals surface area contributed by atoms with Crippen molar-refractivity contribution < 1.29 is 23.4 Å². The molecular weight excluding hydrogens is 294 g/mol. The summed E-state index contributed by atoms with van der Waals surface area (Å²) in [5, 5.41) is 14.4. The van der Waals surface area contributed by atoms with E-state index in [9.17, 15) is 18.7 Å². The number of hydrogen-bond acceptors (Lipinski definition) is 3. The maximum Gasteiger partial charge on any atom is 0.387 e. The van der Waals surface area contributed by atoms with Gasteiger partial charge in [0.2, 0.25) is 0 Å². The summed E-state index contributed by atoms with van der Waals surface area (Å²) < 4.78 is 29.2. The molecule has 0 unspecified atom stereocenters. The number of para-hydroxylation sites is 1. The van der Waals surface area contributed by atoms with E-state index in [-0.39, 0.29) is 18.0 Å². The van der Waals surface area contributed by atoms with Gasteiger partial charge in [0.05, 0.1) is 18.3 Å². The fraction of sp³-hybridized carbons (Fsp3) is 0.533. The van der Waals surface area contributed by atoms with Gasteiger partial charge in [0.1, 0.15) is 5.75 Å². The Bertz CT molecular complexity index is 496. The summed E-state index contributed by atoms with van der Waals surface area (Å²) in [6.07, 6.45) is 0.609. The number of hydrogen-bond donors (Lipinski definition) is 3. The molecule has 0 saturated carbocycles. The first kappa shape index (κ1) is 18.2. The number of aliphatic hydroxyl groups is 1. The zero-order chi connectivity index (χ0) is 16.7. The molecule has 0 heterocycles. The Balaban J connectivity index is 2.78. The maximum absolute atomic E-state index is 12.4. The molecule has 1 atom stereocenters. The highest BCUT2D eigenvalue weighted by Gasteiger charge is 2.17. The van der Waals surface area contributed by atoms with E-state index in [0.717, 1.165) is 0 Å². The first-order chi connectivity index (χ1) is 10.3. The zero-order valence-electron chi connectivity index (χ0n) is 12.9. The van der Waals surface area contributed by atoms with Gasteiger partial charge in [-0.15, -0.1) is 0 Å². The van der Waals surface area contributed by atoms with Crippen molar-refractivity contribution in [3.63, 3.8) is 0 Å². The molecule has 2 amide bonds. The Morgan fingerprint density at radius 1 is 1.36 bits per heavy atom. The van der Waals surface area contributed by atoms with Gasteiger partial charge in [0, 0.05) is 0 Å². The van der Waals surface area contributed by atoms with E-state index in [1.54, 1.807) is 19.1 Å². The van der Waals surface area contributed by atoms with Gasteiger partial charge in [-0.2, -0.15) is 8.78 Å². The monoisotopic (exact) mass is 316 g/mol. The standard InChI is InChI=1S/C15H22F2N2O3/c1-9(2)7-11(8-20)18-15(21)19-13-10(3)5-4-6-12(13)22-14(16)17/h4-6,9,11,14,20H,7-8H2,1-3H3,(H2,18,19,21)/t11-/m0/s1. The van der Waals surface area contributed by atoms with E-state index < -0.39 is 18.7 Å². The van der Waals surface area contributed by atoms with E-state index in [4.69, 9.17) is 0 Å². The summed E-state index contributed by atoms with van der Waals surface area (Å²) in [6.45, 7) is 2.44. The Morgan fingerprint density at radius 2 is 2.05 bits per heavy atom. The smallest absolute Gasteiger partial charge is 0.387 e. The molecule has 1 aromatic rings. The first-order valence-corrected chi connectivity index (χ1v) is 7.06. The van der Waals surface area contributed by atoms with Crippen LogP contribution >= 0.6 is 0 Å². The average Bonchev–Trinajstić information content (AvgIpc) is 2.40. The van der Waals surface area contributed by atoms with Gasteiger partial charge in [-0.3, -0.25) is 0 Å². The molecule has 0 spiro atoms. The summed E-state index contributed by atoms with van der Waals surface area (Å²) in [6, 6.07) is 3.61. The van der Waals surface area contributed by atoms with Crippen LogP contribution in [0.5, 0.6) is 5.75 Å². The van der Waals surface area contributed by atoms with Crippen LogP contribution in [-0.4, -0.2) is 30.4 Å². The number of rotatable bonds is 7. The van der Waals surface area contributed by atoms with Crippen molar-refractivity contribution in [3.05, 3.63) is 23.8 Å². The molecule has 1 aromatic carbocycles. The second kappa shape index (κ2) is 8.53. The molecule has 0 radical (unpaired) electrons. The Kier molecular flexibility index (Phi) is 7.04. The maximum atomic E-state index is 12.4. The molecule has 0 fully saturated rings. The van der Waals surface area contributed by atoms with Crippen LogP contribution in [0.2, 0.25) is 0 Å². The molecule has 1 rings (SSSR count). The van der Waals surface area contributed by atoms with E-state index in [2.05, 4.69) is 15.4 Å². The van der Waals surface area contributed by atoms with Crippen LogP contribution in [0.1, 0.15) is 25.8 Å². The van der Waals surface area contributed by atoms with Crippen LogP contribution < -0.4 is 15.4 Å². The minimum absolute atomic E-state index is 0.102. The highest BCUT2D eigenvalue weighted by Crippen LogP contribution is 2.29. The number of ether oxygens (including phenoxy) is 1. The lowest BCUT2D eigenvalue weighted by Crippen LogP contribution is -2.41. The molecule has 7 heteroatoms. The van der Waals surface area contributed by atoms with Crippen molar-refractivity contribution in [2.75, 3.05) is 11.9 Å².